The summed E-state index contributed by atoms with van der Waals surface area (Å²) in [6.45, 7) is 6.92. The monoisotopic (exact) mass is 356 g/mol. The number of nitrogens with zero attached hydrogens (tertiary/aromatic N) is 1. The van der Waals surface area contributed by atoms with Gasteiger partial charge in [0.15, 0.2) is 0 Å². The van der Waals surface area contributed by atoms with Gasteiger partial charge in [-0.1, -0.05) is 13.8 Å². The molecule has 0 aliphatic carbocycles. The Kier molecular flexibility index (Phi) is 7.35. The van der Waals surface area contributed by atoms with E-state index in [0.29, 0.717) is 19.4 Å². The van der Waals surface area contributed by atoms with E-state index in [1.165, 1.54) is 18.7 Å². The Morgan fingerprint density at radius 3 is 2.20 bits per heavy atom. The fourth-order valence-corrected chi connectivity index (χ4v) is 2.55. The molecule has 1 aliphatic rings. The molecule has 4 atom stereocenters. The zero-order valence-corrected chi connectivity index (χ0v) is 15.1. The van der Waals surface area contributed by atoms with Gasteiger partial charge in [-0.3, -0.25) is 19.2 Å². The van der Waals surface area contributed by atoms with Crippen LogP contribution >= 0.6 is 0 Å². The third-order valence-corrected chi connectivity index (χ3v) is 4.32. The molecule has 1 aliphatic heterocycles. The number of carboxylic acid groups (broad SMARTS) is 1. The van der Waals surface area contributed by atoms with E-state index in [2.05, 4.69) is 10.6 Å². The summed E-state index contributed by atoms with van der Waals surface area (Å²) in [5.74, 6) is -2.52. The van der Waals surface area contributed by atoms with Crippen LogP contribution in [0.15, 0.2) is 0 Å². The van der Waals surface area contributed by atoms with E-state index in [1.807, 2.05) is 13.8 Å². The number of carbonyl (C=O) groups excluding carboxylic acids is 3. The van der Waals surface area contributed by atoms with Crippen molar-refractivity contribution in [3.05, 3.63) is 0 Å². The maximum absolute atomic E-state index is 12.4. The van der Waals surface area contributed by atoms with Crippen LogP contribution in [0.4, 0.5) is 0 Å². The third-order valence-electron chi connectivity index (χ3n) is 4.32. The molecule has 1 saturated heterocycles. The highest BCUT2D eigenvalue weighted by Crippen LogP contribution is 2.19. The first-order valence-corrected chi connectivity index (χ1v) is 8.45. The molecular formula is C16H28N4O5. The van der Waals surface area contributed by atoms with Crippen molar-refractivity contribution in [3.63, 3.8) is 0 Å². The topological polar surface area (TPSA) is 142 Å². The normalized spacial score (nSPS) is 20.7. The fraction of sp³-hybridized carbons (Fsp3) is 0.750. The average Bonchev–Trinajstić information content (AvgIpc) is 3.02. The highest BCUT2D eigenvalue weighted by Gasteiger charge is 2.37. The zero-order chi connectivity index (χ0) is 19.3. The Morgan fingerprint density at radius 2 is 1.68 bits per heavy atom. The number of amides is 3. The number of hydrogen-bond donors (Lipinski definition) is 4. The minimum absolute atomic E-state index is 0.0426. The van der Waals surface area contributed by atoms with Gasteiger partial charge in [-0.2, -0.15) is 0 Å². The molecule has 0 aromatic rings. The molecule has 0 unspecified atom stereocenters. The number of aliphatic carboxylic acids is 1. The summed E-state index contributed by atoms with van der Waals surface area (Å²) in [5, 5.41) is 13.6. The van der Waals surface area contributed by atoms with Gasteiger partial charge in [0.05, 0.1) is 6.04 Å². The minimum Gasteiger partial charge on any atom is -0.480 e. The van der Waals surface area contributed by atoms with Crippen LogP contribution in [0.2, 0.25) is 0 Å². The van der Waals surface area contributed by atoms with Gasteiger partial charge in [0.1, 0.15) is 18.1 Å². The second kappa shape index (κ2) is 8.80. The molecule has 0 saturated carbocycles. The molecule has 3 amide bonds. The van der Waals surface area contributed by atoms with Crippen LogP contribution in [0.5, 0.6) is 0 Å². The number of rotatable bonds is 7. The lowest BCUT2D eigenvalue weighted by molar-refractivity contribution is -0.142. The molecule has 1 heterocycles. The lowest BCUT2D eigenvalue weighted by atomic mass is 10.0. The summed E-state index contributed by atoms with van der Waals surface area (Å²) in [5.41, 5.74) is 5.89. The lowest BCUT2D eigenvalue weighted by Crippen LogP contribution is -2.56. The van der Waals surface area contributed by atoms with Gasteiger partial charge >= 0.3 is 5.97 Å². The molecule has 0 aromatic heterocycles. The van der Waals surface area contributed by atoms with E-state index in [4.69, 9.17) is 10.8 Å². The van der Waals surface area contributed by atoms with Gasteiger partial charge in [0, 0.05) is 6.54 Å². The molecule has 0 bridgehead atoms. The van der Waals surface area contributed by atoms with E-state index >= 15 is 0 Å². The Hall–Kier alpha value is -2.16. The van der Waals surface area contributed by atoms with Gasteiger partial charge in [0.25, 0.3) is 0 Å². The maximum Gasteiger partial charge on any atom is 0.325 e. The van der Waals surface area contributed by atoms with E-state index in [9.17, 15) is 19.2 Å². The second-order valence-electron chi connectivity index (χ2n) is 6.76. The van der Waals surface area contributed by atoms with Gasteiger partial charge in [-0.15, -0.1) is 0 Å². The average molecular weight is 356 g/mol. The quantitative estimate of drug-likeness (QED) is 0.463. The minimum atomic E-state index is -1.16. The molecule has 1 fully saturated rings. The lowest BCUT2D eigenvalue weighted by Gasteiger charge is -2.28. The smallest absolute Gasteiger partial charge is 0.325 e. The number of nitrogens with one attached hydrogen (secondary N) is 2. The van der Waals surface area contributed by atoms with Gasteiger partial charge in [0.2, 0.25) is 17.7 Å². The van der Waals surface area contributed by atoms with Crippen molar-refractivity contribution in [1.29, 1.82) is 0 Å². The van der Waals surface area contributed by atoms with Crippen LogP contribution in [-0.4, -0.2) is 64.4 Å². The molecule has 0 radical (unpaired) electrons. The van der Waals surface area contributed by atoms with E-state index in [0.717, 1.165) is 0 Å². The first-order valence-electron chi connectivity index (χ1n) is 8.45. The van der Waals surface area contributed by atoms with Crippen molar-refractivity contribution in [2.45, 2.75) is 64.7 Å². The number of carboxylic acids is 1. The Labute approximate surface area is 147 Å². The molecule has 1 rings (SSSR count). The molecule has 25 heavy (non-hydrogen) atoms. The molecule has 0 aromatic carbocycles. The maximum atomic E-state index is 12.4. The van der Waals surface area contributed by atoms with Crippen LogP contribution in [0.3, 0.4) is 0 Å². The molecule has 142 valence electrons. The number of likely N-dealkylation sites (tertiary alicyclic amines) is 1. The van der Waals surface area contributed by atoms with Gasteiger partial charge in [-0.25, -0.2) is 0 Å². The van der Waals surface area contributed by atoms with E-state index < -0.39 is 42.0 Å². The Morgan fingerprint density at radius 1 is 1.08 bits per heavy atom. The number of hydrogen-bond acceptors (Lipinski definition) is 5. The van der Waals surface area contributed by atoms with Crippen molar-refractivity contribution in [2.24, 2.45) is 11.7 Å². The summed E-state index contributed by atoms with van der Waals surface area (Å²) in [6.07, 6.45) is 1.19. The van der Waals surface area contributed by atoms with Gasteiger partial charge < -0.3 is 26.4 Å². The van der Waals surface area contributed by atoms with Crippen LogP contribution in [-0.2, 0) is 19.2 Å². The van der Waals surface area contributed by atoms with Crippen LogP contribution in [0.1, 0.15) is 40.5 Å². The third kappa shape index (κ3) is 5.42. The Balaban J connectivity index is 2.67. The van der Waals surface area contributed by atoms with E-state index in [-0.39, 0.29) is 11.8 Å². The van der Waals surface area contributed by atoms with Crippen LogP contribution < -0.4 is 16.4 Å². The summed E-state index contributed by atoms with van der Waals surface area (Å²) in [7, 11) is 0. The van der Waals surface area contributed by atoms with Crippen molar-refractivity contribution >= 4 is 23.7 Å². The van der Waals surface area contributed by atoms with Crippen molar-refractivity contribution in [1.82, 2.24) is 15.5 Å². The predicted molar refractivity (Wildman–Crippen MR) is 90.4 cm³/mol. The van der Waals surface area contributed by atoms with E-state index in [1.54, 1.807) is 0 Å². The molecule has 5 N–H and O–H groups in total. The molecular weight excluding hydrogens is 328 g/mol. The summed E-state index contributed by atoms with van der Waals surface area (Å²) in [4.78, 5) is 49.0. The van der Waals surface area contributed by atoms with Gasteiger partial charge in [-0.05, 0) is 32.6 Å². The molecule has 9 heteroatoms. The van der Waals surface area contributed by atoms with Crippen molar-refractivity contribution in [2.75, 3.05) is 6.54 Å². The first kappa shape index (κ1) is 20.9. The second-order valence-corrected chi connectivity index (χ2v) is 6.76. The zero-order valence-electron chi connectivity index (χ0n) is 15.1. The summed E-state index contributed by atoms with van der Waals surface area (Å²) >= 11 is 0. The predicted octanol–water partition coefficient (Wildman–Crippen LogP) is -0.945. The SMILES string of the molecule is CC(C)[C@H](N)C(=O)N1CCC[C@H]1C(=O)N[C@@H](C)C(=O)N[C@@H](C)C(=O)O. The van der Waals surface area contributed by atoms with Crippen LogP contribution in [0, 0.1) is 5.92 Å². The van der Waals surface area contributed by atoms with Crippen molar-refractivity contribution < 1.29 is 24.3 Å². The fourth-order valence-electron chi connectivity index (χ4n) is 2.55. The molecule has 9 nitrogen and oxygen atoms in total. The van der Waals surface area contributed by atoms with Crippen LogP contribution in [0.25, 0.3) is 0 Å². The largest absolute Gasteiger partial charge is 0.480 e. The Bertz CT molecular complexity index is 537. The summed E-state index contributed by atoms with van der Waals surface area (Å²) < 4.78 is 0. The number of nitrogens with two attached hydrogens (primary N) is 1. The number of carbonyl (C=O) groups is 4. The van der Waals surface area contributed by atoms with Crippen molar-refractivity contribution in [3.8, 4) is 0 Å². The highest BCUT2D eigenvalue weighted by atomic mass is 16.4. The summed E-state index contributed by atoms with van der Waals surface area (Å²) in [6, 6.07) is -3.30. The highest BCUT2D eigenvalue weighted by molar-refractivity contribution is 5.94. The first-order chi connectivity index (χ1) is 11.6. The standard InChI is InChI=1S/C16H28N4O5/c1-8(2)12(17)15(23)20-7-5-6-11(20)14(22)18-9(3)13(21)19-10(4)16(24)25/h8-12H,5-7,17H2,1-4H3,(H,18,22)(H,19,21)(H,24,25)/t9-,10-,11-,12-/m0/s1. The molecule has 0 spiro atoms.